The summed E-state index contributed by atoms with van der Waals surface area (Å²) in [4.78, 5) is 10.9. The predicted octanol–water partition coefficient (Wildman–Crippen LogP) is 1.86. The zero-order valence-corrected chi connectivity index (χ0v) is 7.66. The monoisotopic (exact) mass is 190 g/mol. The molecule has 0 amide bonds. The normalized spacial score (nSPS) is 19.6. The molecule has 3 rings (SSSR count). The summed E-state index contributed by atoms with van der Waals surface area (Å²) in [5, 5.41) is 0. The second-order valence-corrected chi connectivity index (χ2v) is 3.76. The van der Waals surface area contributed by atoms with Gasteiger partial charge in [-0.2, -0.15) is 0 Å². The van der Waals surface area contributed by atoms with Crippen molar-refractivity contribution in [3.8, 4) is 11.5 Å². The molecule has 1 aliphatic heterocycles. The van der Waals surface area contributed by atoms with Gasteiger partial charge in [0.15, 0.2) is 11.5 Å². The van der Waals surface area contributed by atoms with Crippen LogP contribution in [0.15, 0.2) is 18.2 Å². The van der Waals surface area contributed by atoms with E-state index in [4.69, 9.17) is 9.47 Å². The van der Waals surface area contributed by atoms with E-state index in [-0.39, 0.29) is 0 Å². The van der Waals surface area contributed by atoms with Crippen LogP contribution in [-0.2, 0) is 4.79 Å². The molecule has 0 saturated heterocycles. The smallest absolute Gasteiger partial charge is 0.231 e. The van der Waals surface area contributed by atoms with E-state index in [0.717, 1.165) is 11.5 Å². The van der Waals surface area contributed by atoms with Gasteiger partial charge in [-0.1, -0.05) is 6.07 Å². The molecule has 2 aliphatic rings. The van der Waals surface area contributed by atoms with E-state index in [9.17, 15) is 4.79 Å². The number of Topliss-reactive ketones (excluding diaryl/α,β-unsaturated/α-hetero) is 1. The quantitative estimate of drug-likeness (QED) is 0.678. The number of ether oxygens (including phenoxy) is 2. The van der Waals surface area contributed by atoms with Crippen LogP contribution >= 0.6 is 0 Å². The SMILES string of the molecule is O=C1CC(c2ccc3c(c2)OCO3)C1. The average molecular weight is 190 g/mol. The molecule has 0 atom stereocenters. The molecule has 3 heteroatoms. The highest BCUT2D eigenvalue weighted by Gasteiger charge is 2.29. The second-order valence-electron chi connectivity index (χ2n) is 3.76. The van der Waals surface area contributed by atoms with Gasteiger partial charge in [0.1, 0.15) is 5.78 Å². The van der Waals surface area contributed by atoms with Crippen molar-refractivity contribution in [2.24, 2.45) is 0 Å². The van der Waals surface area contributed by atoms with Crippen LogP contribution in [0.2, 0.25) is 0 Å². The standard InChI is InChI=1S/C11H10O3/c12-9-3-8(4-9)7-1-2-10-11(5-7)14-6-13-10/h1-2,5,8H,3-4,6H2. The lowest BCUT2D eigenvalue weighted by atomic mass is 9.79. The van der Waals surface area contributed by atoms with E-state index in [2.05, 4.69) is 0 Å². The maximum absolute atomic E-state index is 10.9. The minimum atomic E-state index is 0.308. The Kier molecular flexibility index (Phi) is 1.54. The van der Waals surface area contributed by atoms with Gasteiger partial charge in [-0.3, -0.25) is 4.79 Å². The van der Waals surface area contributed by atoms with Gasteiger partial charge in [0.25, 0.3) is 0 Å². The molecule has 72 valence electrons. The molecule has 1 aromatic rings. The molecule has 1 fully saturated rings. The first-order valence-corrected chi connectivity index (χ1v) is 4.74. The molecule has 1 aromatic carbocycles. The van der Waals surface area contributed by atoms with Crippen LogP contribution in [0.1, 0.15) is 24.3 Å². The fourth-order valence-electron chi connectivity index (χ4n) is 1.89. The molecule has 0 radical (unpaired) electrons. The van der Waals surface area contributed by atoms with Crippen LogP contribution in [-0.4, -0.2) is 12.6 Å². The summed E-state index contributed by atoms with van der Waals surface area (Å²) in [7, 11) is 0. The molecule has 0 aromatic heterocycles. The lowest BCUT2D eigenvalue weighted by Crippen LogP contribution is -2.20. The minimum absolute atomic E-state index is 0.308. The number of benzene rings is 1. The van der Waals surface area contributed by atoms with E-state index >= 15 is 0 Å². The third-order valence-electron chi connectivity index (χ3n) is 2.82. The van der Waals surface area contributed by atoms with Crippen molar-refractivity contribution >= 4 is 5.78 Å². The molecular weight excluding hydrogens is 180 g/mol. The number of hydrogen-bond acceptors (Lipinski definition) is 3. The van der Waals surface area contributed by atoms with E-state index in [1.54, 1.807) is 0 Å². The van der Waals surface area contributed by atoms with Crippen molar-refractivity contribution in [1.29, 1.82) is 0 Å². The molecule has 0 unspecified atom stereocenters. The zero-order chi connectivity index (χ0) is 9.54. The number of rotatable bonds is 1. The summed E-state index contributed by atoms with van der Waals surface area (Å²) in [5.74, 6) is 2.37. The molecule has 1 aliphatic carbocycles. The Balaban J connectivity index is 1.89. The number of hydrogen-bond donors (Lipinski definition) is 0. The van der Waals surface area contributed by atoms with Gasteiger partial charge in [-0.25, -0.2) is 0 Å². The maximum Gasteiger partial charge on any atom is 0.231 e. The maximum atomic E-state index is 10.9. The highest BCUT2D eigenvalue weighted by atomic mass is 16.7. The van der Waals surface area contributed by atoms with Crippen LogP contribution < -0.4 is 9.47 Å². The van der Waals surface area contributed by atoms with Crippen LogP contribution in [0.5, 0.6) is 11.5 Å². The fraction of sp³-hybridized carbons (Fsp3) is 0.364. The van der Waals surface area contributed by atoms with Crippen molar-refractivity contribution in [3.05, 3.63) is 23.8 Å². The zero-order valence-electron chi connectivity index (χ0n) is 7.66. The first-order chi connectivity index (χ1) is 6.83. The molecule has 0 bridgehead atoms. The van der Waals surface area contributed by atoms with Crippen molar-refractivity contribution < 1.29 is 14.3 Å². The van der Waals surface area contributed by atoms with Crippen LogP contribution in [0.3, 0.4) is 0 Å². The first-order valence-electron chi connectivity index (χ1n) is 4.74. The van der Waals surface area contributed by atoms with Crippen molar-refractivity contribution in [2.45, 2.75) is 18.8 Å². The van der Waals surface area contributed by atoms with E-state index in [0.29, 0.717) is 31.3 Å². The van der Waals surface area contributed by atoms with Crippen LogP contribution in [0.25, 0.3) is 0 Å². The number of ketones is 1. The lowest BCUT2D eigenvalue weighted by Gasteiger charge is -2.24. The largest absolute Gasteiger partial charge is 0.454 e. The Morgan fingerprint density at radius 1 is 1.14 bits per heavy atom. The Morgan fingerprint density at radius 3 is 2.71 bits per heavy atom. The number of carbonyl (C=O) groups excluding carboxylic acids is 1. The van der Waals surface area contributed by atoms with Crippen LogP contribution in [0, 0.1) is 0 Å². The summed E-state index contributed by atoms with van der Waals surface area (Å²) in [6, 6.07) is 5.92. The van der Waals surface area contributed by atoms with Crippen molar-refractivity contribution in [2.75, 3.05) is 6.79 Å². The van der Waals surface area contributed by atoms with Gasteiger partial charge in [0.05, 0.1) is 0 Å². The Bertz CT molecular complexity index is 390. The third-order valence-corrected chi connectivity index (χ3v) is 2.82. The predicted molar refractivity (Wildman–Crippen MR) is 49.5 cm³/mol. The molecule has 0 N–H and O–H groups in total. The highest BCUT2D eigenvalue weighted by Crippen LogP contribution is 2.39. The van der Waals surface area contributed by atoms with Crippen molar-refractivity contribution in [3.63, 3.8) is 0 Å². The molecule has 14 heavy (non-hydrogen) atoms. The van der Waals surface area contributed by atoms with E-state index in [1.807, 2.05) is 18.2 Å². The molecule has 0 spiro atoms. The van der Waals surface area contributed by atoms with E-state index in [1.165, 1.54) is 5.56 Å². The van der Waals surface area contributed by atoms with Gasteiger partial charge in [0, 0.05) is 12.8 Å². The average Bonchev–Trinajstić information content (AvgIpc) is 2.59. The molecular formula is C11H10O3. The summed E-state index contributed by atoms with van der Waals surface area (Å²) in [6.07, 6.45) is 1.36. The van der Waals surface area contributed by atoms with Gasteiger partial charge in [0.2, 0.25) is 6.79 Å². The summed E-state index contributed by atoms with van der Waals surface area (Å²) in [6.45, 7) is 0.308. The Hall–Kier alpha value is -1.51. The van der Waals surface area contributed by atoms with Crippen LogP contribution in [0.4, 0.5) is 0 Å². The van der Waals surface area contributed by atoms with Gasteiger partial charge < -0.3 is 9.47 Å². The fourth-order valence-corrected chi connectivity index (χ4v) is 1.89. The Labute approximate surface area is 81.6 Å². The van der Waals surface area contributed by atoms with Gasteiger partial charge >= 0.3 is 0 Å². The van der Waals surface area contributed by atoms with Gasteiger partial charge in [-0.05, 0) is 23.6 Å². The summed E-state index contributed by atoms with van der Waals surface area (Å²) < 4.78 is 10.5. The molecule has 3 nitrogen and oxygen atoms in total. The van der Waals surface area contributed by atoms with Crippen molar-refractivity contribution in [1.82, 2.24) is 0 Å². The number of fused-ring (bicyclic) bond motifs is 1. The minimum Gasteiger partial charge on any atom is -0.454 e. The second kappa shape index (κ2) is 2.74. The number of carbonyl (C=O) groups is 1. The molecule has 1 saturated carbocycles. The highest BCUT2D eigenvalue weighted by molar-refractivity contribution is 5.86. The summed E-state index contributed by atoms with van der Waals surface area (Å²) >= 11 is 0. The van der Waals surface area contributed by atoms with E-state index < -0.39 is 0 Å². The Morgan fingerprint density at radius 2 is 1.93 bits per heavy atom. The third kappa shape index (κ3) is 1.09. The lowest BCUT2D eigenvalue weighted by molar-refractivity contribution is -0.124. The molecule has 1 heterocycles. The topological polar surface area (TPSA) is 35.5 Å². The summed E-state index contributed by atoms with van der Waals surface area (Å²) in [5.41, 5.74) is 1.19. The van der Waals surface area contributed by atoms with Gasteiger partial charge in [-0.15, -0.1) is 0 Å². The first kappa shape index (κ1) is 7.85.